The van der Waals surface area contributed by atoms with Crippen LogP contribution in [0.5, 0.6) is 0 Å². The summed E-state index contributed by atoms with van der Waals surface area (Å²) in [6, 6.07) is 10.6. The first-order valence-electron chi connectivity index (χ1n) is 5.95. The molecule has 0 spiro atoms. The average molecular weight is 214 g/mol. The molecule has 0 saturated carbocycles. The maximum atomic E-state index is 6.46. The Morgan fingerprint density at radius 1 is 1.31 bits per heavy atom. The molecule has 1 aromatic rings. The Bertz CT molecular complexity index is 424. The summed E-state index contributed by atoms with van der Waals surface area (Å²) < 4.78 is 0. The Balaban J connectivity index is 1.89. The molecule has 0 bridgehead atoms. The molecule has 1 aliphatic heterocycles. The van der Waals surface area contributed by atoms with Crippen LogP contribution in [0.2, 0.25) is 0 Å². The van der Waals surface area contributed by atoms with Gasteiger partial charge in [0.1, 0.15) is 0 Å². The van der Waals surface area contributed by atoms with Crippen LogP contribution in [0.1, 0.15) is 18.4 Å². The number of benzene rings is 1. The number of nitrogens with zero attached hydrogens (tertiary/aromatic N) is 1. The number of allylic oxidation sites excluding steroid dienone is 1. The summed E-state index contributed by atoms with van der Waals surface area (Å²) in [6.45, 7) is 1.15. The average Bonchev–Trinajstić information content (AvgIpc) is 2.32. The van der Waals surface area contributed by atoms with Crippen molar-refractivity contribution in [3.8, 4) is 0 Å². The van der Waals surface area contributed by atoms with Crippen molar-refractivity contribution in [2.24, 2.45) is 11.7 Å². The minimum atomic E-state index is -0.0834. The summed E-state index contributed by atoms with van der Waals surface area (Å²) in [6.07, 6.45) is 4.49. The summed E-state index contributed by atoms with van der Waals surface area (Å²) in [5.41, 5.74) is 9.11. The Hall–Kier alpha value is -1.12. The molecule has 1 heterocycles. The van der Waals surface area contributed by atoms with E-state index >= 15 is 0 Å². The van der Waals surface area contributed by atoms with Crippen molar-refractivity contribution in [1.82, 2.24) is 4.90 Å². The van der Waals surface area contributed by atoms with Gasteiger partial charge in [0.25, 0.3) is 0 Å². The second-order valence-electron chi connectivity index (χ2n) is 5.08. The van der Waals surface area contributed by atoms with Gasteiger partial charge in [-0.05, 0) is 24.6 Å². The van der Waals surface area contributed by atoms with E-state index in [1.165, 1.54) is 11.1 Å². The highest BCUT2D eigenvalue weighted by Gasteiger charge is 2.49. The fraction of sp³-hybridized carbons (Fsp3) is 0.429. The first-order valence-corrected chi connectivity index (χ1v) is 5.95. The predicted molar refractivity (Wildman–Crippen MR) is 66.7 cm³/mol. The predicted octanol–water partition coefficient (Wildman–Crippen LogP) is 2.08. The lowest BCUT2D eigenvalue weighted by Crippen LogP contribution is -2.71. The third kappa shape index (κ3) is 1.34. The monoisotopic (exact) mass is 214 g/mol. The minimum absolute atomic E-state index is 0.0834. The zero-order valence-corrected chi connectivity index (χ0v) is 9.69. The van der Waals surface area contributed by atoms with Crippen LogP contribution in [0.25, 0.3) is 5.57 Å². The number of hydrogen-bond donors (Lipinski definition) is 1. The molecule has 84 valence electrons. The summed E-state index contributed by atoms with van der Waals surface area (Å²) in [5.74, 6) is 0.657. The van der Waals surface area contributed by atoms with E-state index in [1.54, 1.807) is 0 Å². The third-order valence-corrected chi connectivity index (χ3v) is 4.18. The van der Waals surface area contributed by atoms with E-state index in [9.17, 15) is 0 Å². The molecule has 0 aromatic heterocycles. The van der Waals surface area contributed by atoms with E-state index in [4.69, 9.17) is 5.73 Å². The molecule has 0 radical (unpaired) electrons. The van der Waals surface area contributed by atoms with Crippen molar-refractivity contribution in [2.75, 3.05) is 13.6 Å². The van der Waals surface area contributed by atoms with Crippen molar-refractivity contribution in [3.63, 3.8) is 0 Å². The molecule has 2 unspecified atom stereocenters. The first-order chi connectivity index (χ1) is 7.70. The van der Waals surface area contributed by atoms with Crippen LogP contribution < -0.4 is 5.73 Å². The number of hydrogen-bond acceptors (Lipinski definition) is 2. The van der Waals surface area contributed by atoms with Crippen LogP contribution in [-0.2, 0) is 0 Å². The zero-order chi connectivity index (χ0) is 11.2. The number of fused-ring (bicyclic) bond motifs is 1. The molecular formula is C14H18N2. The molecule has 2 N–H and O–H groups in total. The highest BCUT2D eigenvalue weighted by Crippen LogP contribution is 2.44. The van der Waals surface area contributed by atoms with Gasteiger partial charge < -0.3 is 5.73 Å². The first kappa shape index (κ1) is 10.1. The van der Waals surface area contributed by atoms with Gasteiger partial charge in [-0.2, -0.15) is 0 Å². The van der Waals surface area contributed by atoms with Gasteiger partial charge in [-0.1, -0.05) is 36.4 Å². The molecule has 3 rings (SSSR count). The summed E-state index contributed by atoms with van der Waals surface area (Å²) >= 11 is 0. The topological polar surface area (TPSA) is 29.3 Å². The van der Waals surface area contributed by atoms with Crippen LogP contribution in [0.4, 0.5) is 0 Å². The molecule has 1 fully saturated rings. The largest absolute Gasteiger partial charge is 0.313 e. The van der Waals surface area contributed by atoms with Gasteiger partial charge in [0.15, 0.2) is 0 Å². The van der Waals surface area contributed by atoms with Crippen molar-refractivity contribution in [2.45, 2.75) is 18.5 Å². The minimum Gasteiger partial charge on any atom is -0.313 e. The zero-order valence-electron chi connectivity index (χ0n) is 9.69. The van der Waals surface area contributed by atoms with Crippen LogP contribution in [0.3, 0.4) is 0 Å². The van der Waals surface area contributed by atoms with Gasteiger partial charge in [-0.15, -0.1) is 0 Å². The maximum absolute atomic E-state index is 6.46. The number of nitrogens with two attached hydrogens (primary N) is 1. The Kier molecular flexibility index (Phi) is 2.16. The lowest BCUT2D eigenvalue weighted by atomic mass is 9.71. The number of likely N-dealkylation sites (tertiary alicyclic amines) is 1. The van der Waals surface area contributed by atoms with Crippen molar-refractivity contribution < 1.29 is 0 Å². The molecule has 1 saturated heterocycles. The van der Waals surface area contributed by atoms with Crippen LogP contribution in [0, 0.1) is 5.92 Å². The molecule has 0 amide bonds. The van der Waals surface area contributed by atoms with Crippen LogP contribution >= 0.6 is 0 Å². The smallest absolute Gasteiger partial charge is 0.0770 e. The van der Waals surface area contributed by atoms with Gasteiger partial charge in [0, 0.05) is 18.9 Å². The molecule has 2 heteroatoms. The Labute approximate surface area is 96.7 Å². The standard InChI is InChI=1S/C14H18N2/c1-16-10-13-8-7-12(9-14(13,16)15)11-5-3-2-4-6-11/h2-7,13H,8-10,15H2,1H3. The second kappa shape index (κ2) is 3.44. The highest BCUT2D eigenvalue weighted by atomic mass is 15.3. The fourth-order valence-electron chi connectivity index (χ4n) is 2.95. The fourth-order valence-corrected chi connectivity index (χ4v) is 2.95. The van der Waals surface area contributed by atoms with E-state index < -0.39 is 0 Å². The third-order valence-electron chi connectivity index (χ3n) is 4.18. The molecule has 2 aliphatic rings. The van der Waals surface area contributed by atoms with Gasteiger partial charge in [-0.3, -0.25) is 4.90 Å². The van der Waals surface area contributed by atoms with Gasteiger partial charge in [-0.25, -0.2) is 0 Å². The van der Waals surface area contributed by atoms with Gasteiger partial charge in [0.05, 0.1) is 5.66 Å². The Morgan fingerprint density at radius 3 is 2.75 bits per heavy atom. The number of rotatable bonds is 1. The van der Waals surface area contributed by atoms with Crippen LogP contribution in [0.15, 0.2) is 36.4 Å². The maximum Gasteiger partial charge on any atom is 0.0770 e. The van der Waals surface area contributed by atoms with E-state index in [0.29, 0.717) is 5.92 Å². The highest BCUT2D eigenvalue weighted by molar-refractivity contribution is 5.67. The SMILES string of the molecule is CN1CC2CC=C(c3ccccc3)CC21N. The summed E-state index contributed by atoms with van der Waals surface area (Å²) in [4.78, 5) is 2.29. The second-order valence-corrected chi connectivity index (χ2v) is 5.08. The molecule has 16 heavy (non-hydrogen) atoms. The quantitative estimate of drug-likeness (QED) is 0.775. The van der Waals surface area contributed by atoms with Crippen molar-refractivity contribution in [1.29, 1.82) is 0 Å². The summed E-state index contributed by atoms with van der Waals surface area (Å²) in [7, 11) is 2.13. The molecule has 2 nitrogen and oxygen atoms in total. The van der Waals surface area contributed by atoms with Crippen molar-refractivity contribution >= 4 is 5.57 Å². The summed E-state index contributed by atoms with van der Waals surface area (Å²) in [5, 5.41) is 0. The van der Waals surface area contributed by atoms with Crippen LogP contribution in [-0.4, -0.2) is 24.2 Å². The lowest BCUT2D eigenvalue weighted by molar-refractivity contribution is -0.0565. The van der Waals surface area contributed by atoms with Gasteiger partial charge in [0.2, 0.25) is 0 Å². The lowest BCUT2D eigenvalue weighted by Gasteiger charge is -2.57. The van der Waals surface area contributed by atoms with Gasteiger partial charge >= 0.3 is 0 Å². The molecular weight excluding hydrogens is 196 g/mol. The Morgan fingerprint density at radius 2 is 2.06 bits per heavy atom. The molecule has 2 atom stereocenters. The normalized spacial score (nSPS) is 33.9. The van der Waals surface area contributed by atoms with Crippen molar-refractivity contribution in [3.05, 3.63) is 42.0 Å². The molecule has 1 aromatic carbocycles. The van der Waals surface area contributed by atoms with E-state index in [0.717, 1.165) is 19.4 Å². The van der Waals surface area contributed by atoms with E-state index in [-0.39, 0.29) is 5.66 Å². The molecule has 1 aliphatic carbocycles. The van der Waals surface area contributed by atoms with E-state index in [2.05, 4.69) is 48.4 Å². The van der Waals surface area contributed by atoms with E-state index in [1.807, 2.05) is 0 Å².